The van der Waals surface area contributed by atoms with Gasteiger partial charge < -0.3 is 5.32 Å². The largest absolute Gasteiger partial charge is 0.325 e. The van der Waals surface area contributed by atoms with Crippen molar-refractivity contribution in [3.8, 4) is 17.1 Å². The van der Waals surface area contributed by atoms with Crippen molar-refractivity contribution < 1.29 is 4.79 Å². The lowest BCUT2D eigenvalue weighted by Gasteiger charge is -2.14. The smallest absolute Gasteiger partial charge is 0.234 e. The molecule has 4 aromatic rings. The fourth-order valence-corrected chi connectivity index (χ4v) is 4.38. The topological polar surface area (TPSA) is 72.7 Å². The molecule has 0 saturated heterocycles. The lowest BCUT2D eigenvalue weighted by Crippen LogP contribution is -2.16. The molecule has 1 amide bonds. The van der Waals surface area contributed by atoms with Gasteiger partial charge in [0.15, 0.2) is 11.0 Å². The van der Waals surface area contributed by atoms with E-state index in [-0.39, 0.29) is 11.7 Å². The molecule has 0 spiro atoms. The third-order valence-electron chi connectivity index (χ3n) is 4.90. The number of aromatic nitrogens is 4. The molecule has 2 heterocycles. The molecule has 0 aliphatic rings. The summed E-state index contributed by atoms with van der Waals surface area (Å²) in [6, 6.07) is 16.8. The Labute approximate surface area is 206 Å². The Hall–Kier alpha value is -2.87. The zero-order valence-corrected chi connectivity index (χ0v) is 20.3. The number of carbonyl (C=O) groups is 1. The summed E-state index contributed by atoms with van der Waals surface area (Å²) in [6.45, 7) is 4.19. The van der Waals surface area contributed by atoms with Gasteiger partial charge in [-0.05, 0) is 47.9 Å². The van der Waals surface area contributed by atoms with Gasteiger partial charge in [-0.25, -0.2) is 0 Å². The van der Waals surface area contributed by atoms with Gasteiger partial charge in [-0.2, -0.15) is 0 Å². The van der Waals surface area contributed by atoms with E-state index in [0.717, 1.165) is 22.5 Å². The third-order valence-corrected chi connectivity index (χ3v) is 6.57. The summed E-state index contributed by atoms with van der Waals surface area (Å²) in [5.41, 5.74) is 3.44. The van der Waals surface area contributed by atoms with E-state index in [0.29, 0.717) is 26.9 Å². The first-order valence-corrected chi connectivity index (χ1v) is 12.0. The maximum atomic E-state index is 12.7. The fraction of sp³-hybridized carbons (Fsp3) is 0.167. The minimum absolute atomic E-state index is 0.125. The number of pyridine rings is 1. The lowest BCUT2D eigenvalue weighted by molar-refractivity contribution is -0.113. The molecule has 0 aliphatic heterocycles. The molecule has 6 nitrogen and oxygen atoms in total. The third kappa shape index (κ3) is 5.38. The van der Waals surface area contributed by atoms with E-state index >= 15 is 0 Å². The van der Waals surface area contributed by atoms with Gasteiger partial charge in [-0.15, -0.1) is 10.2 Å². The molecule has 2 aromatic heterocycles. The molecule has 0 unspecified atom stereocenters. The first-order chi connectivity index (χ1) is 15.9. The van der Waals surface area contributed by atoms with Gasteiger partial charge in [0.1, 0.15) is 0 Å². The second-order valence-electron chi connectivity index (χ2n) is 7.56. The van der Waals surface area contributed by atoms with Crippen LogP contribution < -0.4 is 5.32 Å². The fourth-order valence-electron chi connectivity index (χ4n) is 3.33. The Morgan fingerprint density at radius 2 is 1.88 bits per heavy atom. The Kier molecular flexibility index (Phi) is 7.33. The van der Waals surface area contributed by atoms with Crippen molar-refractivity contribution in [2.24, 2.45) is 0 Å². The lowest BCUT2D eigenvalue weighted by atomic mass is 10.0. The number of halogens is 2. The quantitative estimate of drug-likeness (QED) is 0.295. The molecule has 0 fully saturated rings. The van der Waals surface area contributed by atoms with Gasteiger partial charge in [0.2, 0.25) is 5.91 Å². The number of para-hydroxylation sites is 1. The van der Waals surface area contributed by atoms with Gasteiger partial charge in [-0.1, -0.05) is 67.0 Å². The molecule has 168 valence electrons. The van der Waals surface area contributed by atoms with Crippen LogP contribution in [0.5, 0.6) is 0 Å². The van der Waals surface area contributed by atoms with Gasteiger partial charge in [0, 0.05) is 23.6 Å². The maximum absolute atomic E-state index is 12.7. The van der Waals surface area contributed by atoms with Crippen molar-refractivity contribution in [1.29, 1.82) is 0 Å². The average Bonchev–Trinajstić information content (AvgIpc) is 3.24. The Morgan fingerprint density at radius 1 is 1.06 bits per heavy atom. The number of nitrogens with zero attached hydrogens (tertiary/aromatic N) is 4. The maximum Gasteiger partial charge on any atom is 0.234 e. The van der Waals surface area contributed by atoms with Gasteiger partial charge in [0.25, 0.3) is 0 Å². The predicted molar refractivity (Wildman–Crippen MR) is 134 cm³/mol. The summed E-state index contributed by atoms with van der Waals surface area (Å²) < 4.78 is 1.85. The molecule has 2 aromatic carbocycles. The van der Waals surface area contributed by atoms with Gasteiger partial charge >= 0.3 is 0 Å². The average molecular weight is 498 g/mol. The predicted octanol–water partition coefficient (Wildman–Crippen LogP) is 6.49. The zero-order chi connectivity index (χ0) is 23.4. The summed E-state index contributed by atoms with van der Waals surface area (Å²) in [4.78, 5) is 16.9. The van der Waals surface area contributed by atoms with Crippen LogP contribution in [0.1, 0.15) is 25.3 Å². The van der Waals surface area contributed by atoms with Crippen molar-refractivity contribution in [2.75, 3.05) is 11.1 Å². The summed E-state index contributed by atoms with van der Waals surface area (Å²) in [6.07, 6.45) is 3.40. The van der Waals surface area contributed by atoms with E-state index in [4.69, 9.17) is 23.2 Å². The molecule has 0 saturated carbocycles. The van der Waals surface area contributed by atoms with E-state index in [1.807, 2.05) is 47.0 Å². The molecule has 4 rings (SSSR count). The van der Waals surface area contributed by atoms with E-state index < -0.39 is 0 Å². The minimum atomic E-state index is -0.125. The van der Waals surface area contributed by atoms with E-state index in [1.54, 1.807) is 24.5 Å². The highest BCUT2D eigenvalue weighted by atomic mass is 35.5. The van der Waals surface area contributed by atoms with Crippen LogP contribution in [0.3, 0.4) is 0 Å². The van der Waals surface area contributed by atoms with Gasteiger partial charge in [0.05, 0.1) is 21.5 Å². The van der Waals surface area contributed by atoms with Crippen LogP contribution in [0.25, 0.3) is 17.1 Å². The van der Waals surface area contributed by atoms with Crippen LogP contribution in [-0.4, -0.2) is 31.4 Å². The van der Waals surface area contributed by atoms with E-state index in [2.05, 4.69) is 34.3 Å². The zero-order valence-electron chi connectivity index (χ0n) is 18.0. The molecule has 33 heavy (non-hydrogen) atoms. The molecule has 0 atom stereocenters. The summed E-state index contributed by atoms with van der Waals surface area (Å²) in [5.74, 6) is 0.932. The van der Waals surface area contributed by atoms with Crippen LogP contribution in [0.2, 0.25) is 10.0 Å². The number of hydrogen-bond donors (Lipinski definition) is 1. The van der Waals surface area contributed by atoms with E-state index in [9.17, 15) is 4.79 Å². The SMILES string of the molecule is CC(C)c1ccccc1NC(=O)CSc1nnc(-c2cccnc2)n1-c1ccc(Cl)c(Cl)c1. The molecule has 9 heteroatoms. The van der Waals surface area contributed by atoms with Crippen molar-refractivity contribution in [2.45, 2.75) is 24.9 Å². The van der Waals surface area contributed by atoms with Crippen molar-refractivity contribution >= 4 is 46.6 Å². The summed E-state index contributed by atoms with van der Waals surface area (Å²) in [5, 5.41) is 13.1. The minimum Gasteiger partial charge on any atom is -0.325 e. The monoisotopic (exact) mass is 497 g/mol. The number of thioether (sulfide) groups is 1. The van der Waals surface area contributed by atoms with Crippen molar-refractivity contribution in [3.05, 3.63) is 82.6 Å². The highest BCUT2D eigenvalue weighted by Crippen LogP contribution is 2.31. The van der Waals surface area contributed by atoms with Crippen LogP contribution >= 0.6 is 35.0 Å². The number of carbonyl (C=O) groups excluding carboxylic acids is 1. The molecule has 0 bridgehead atoms. The Balaban J connectivity index is 1.61. The summed E-state index contributed by atoms with van der Waals surface area (Å²) in [7, 11) is 0. The van der Waals surface area contributed by atoms with Gasteiger partial charge in [-0.3, -0.25) is 14.3 Å². The number of rotatable bonds is 7. The standard InChI is InChI=1S/C24H21Cl2N5OS/c1-15(2)18-7-3-4-8-21(18)28-22(32)14-33-24-30-29-23(16-6-5-11-27-13-16)31(24)17-9-10-19(25)20(26)12-17/h3-13,15H,14H2,1-2H3,(H,28,32). The van der Waals surface area contributed by atoms with E-state index in [1.165, 1.54) is 11.8 Å². The number of benzene rings is 2. The second kappa shape index (κ2) is 10.4. The molecule has 0 aliphatic carbocycles. The summed E-state index contributed by atoms with van der Waals surface area (Å²) >= 11 is 13.7. The highest BCUT2D eigenvalue weighted by Gasteiger charge is 2.19. The second-order valence-corrected chi connectivity index (χ2v) is 9.32. The van der Waals surface area contributed by atoms with Crippen LogP contribution in [0, 0.1) is 0 Å². The molecule has 1 N–H and O–H groups in total. The van der Waals surface area contributed by atoms with Crippen LogP contribution in [0.4, 0.5) is 5.69 Å². The van der Waals surface area contributed by atoms with Crippen molar-refractivity contribution in [3.63, 3.8) is 0 Å². The van der Waals surface area contributed by atoms with Crippen LogP contribution in [-0.2, 0) is 4.79 Å². The highest BCUT2D eigenvalue weighted by molar-refractivity contribution is 7.99. The first kappa shape index (κ1) is 23.3. The number of amides is 1. The first-order valence-electron chi connectivity index (χ1n) is 10.3. The molecule has 0 radical (unpaired) electrons. The normalized spacial score (nSPS) is 11.1. The molecular formula is C24H21Cl2N5OS. The van der Waals surface area contributed by atoms with Crippen LogP contribution in [0.15, 0.2) is 72.1 Å². The van der Waals surface area contributed by atoms with Crippen molar-refractivity contribution in [1.82, 2.24) is 19.7 Å². The number of anilines is 1. The number of nitrogens with one attached hydrogen (secondary N) is 1. The molecular weight excluding hydrogens is 477 g/mol. The number of hydrogen-bond acceptors (Lipinski definition) is 5. The Bertz CT molecular complexity index is 1280. The Morgan fingerprint density at radius 3 is 2.61 bits per heavy atom.